The molecule has 2 rings (SSSR count). The first kappa shape index (κ1) is 15.0. The van der Waals surface area contributed by atoms with Crippen molar-refractivity contribution in [3.05, 3.63) is 29.3 Å². The second-order valence-electron chi connectivity index (χ2n) is 6.37. The lowest BCUT2D eigenvalue weighted by Crippen LogP contribution is -2.44. The maximum atomic E-state index is 12.7. The van der Waals surface area contributed by atoms with E-state index in [1.807, 2.05) is 19.1 Å². The maximum Gasteiger partial charge on any atom is 0.231 e. The number of benzene rings is 1. The first-order valence-corrected chi connectivity index (χ1v) is 7.56. The van der Waals surface area contributed by atoms with Crippen LogP contribution in [-0.2, 0) is 4.79 Å². The smallest absolute Gasteiger partial charge is 0.231 e. The summed E-state index contributed by atoms with van der Waals surface area (Å²) in [5, 5.41) is 3.11. The summed E-state index contributed by atoms with van der Waals surface area (Å²) >= 11 is 0. The average Bonchev–Trinajstić information content (AvgIpc) is 2.45. The van der Waals surface area contributed by atoms with Crippen molar-refractivity contribution in [1.82, 2.24) is 0 Å². The Morgan fingerprint density at radius 2 is 2.00 bits per heavy atom. The first-order chi connectivity index (χ1) is 9.48. The molecule has 0 spiro atoms. The van der Waals surface area contributed by atoms with Gasteiger partial charge in [0.05, 0.1) is 5.41 Å². The summed E-state index contributed by atoms with van der Waals surface area (Å²) in [6.07, 6.45) is 4.00. The van der Waals surface area contributed by atoms with Crippen LogP contribution in [0.4, 0.5) is 5.69 Å². The number of carbonyl (C=O) groups excluding carboxylic acids is 1. The summed E-state index contributed by atoms with van der Waals surface area (Å²) in [5.74, 6) is 0.809. The molecule has 3 heteroatoms. The Labute approximate surface area is 121 Å². The minimum Gasteiger partial charge on any atom is -0.329 e. The van der Waals surface area contributed by atoms with Crippen LogP contribution in [0, 0.1) is 25.2 Å². The summed E-state index contributed by atoms with van der Waals surface area (Å²) in [7, 11) is 0. The van der Waals surface area contributed by atoms with Gasteiger partial charge in [-0.2, -0.15) is 0 Å². The van der Waals surface area contributed by atoms with Gasteiger partial charge in [-0.1, -0.05) is 19.1 Å². The van der Waals surface area contributed by atoms with Crippen LogP contribution in [0.2, 0.25) is 0 Å². The molecule has 0 aliphatic heterocycles. The third-order valence-corrected chi connectivity index (χ3v) is 4.96. The van der Waals surface area contributed by atoms with E-state index in [2.05, 4.69) is 25.2 Å². The van der Waals surface area contributed by atoms with E-state index < -0.39 is 0 Å². The Morgan fingerprint density at radius 3 is 2.60 bits per heavy atom. The van der Waals surface area contributed by atoms with E-state index in [4.69, 9.17) is 5.73 Å². The van der Waals surface area contributed by atoms with Gasteiger partial charge in [-0.25, -0.2) is 0 Å². The number of amides is 1. The van der Waals surface area contributed by atoms with Crippen molar-refractivity contribution < 1.29 is 4.79 Å². The van der Waals surface area contributed by atoms with Gasteiger partial charge in [-0.15, -0.1) is 0 Å². The van der Waals surface area contributed by atoms with Crippen molar-refractivity contribution in [3.63, 3.8) is 0 Å². The Balaban J connectivity index is 2.16. The van der Waals surface area contributed by atoms with Crippen molar-refractivity contribution >= 4 is 11.6 Å². The summed E-state index contributed by atoms with van der Waals surface area (Å²) in [6, 6.07) is 6.01. The fourth-order valence-corrected chi connectivity index (χ4v) is 2.98. The van der Waals surface area contributed by atoms with Crippen molar-refractivity contribution in [2.75, 3.05) is 11.9 Å². The number of hydrogen-bond donors (Lipinski definition) is 2. The SMILES string of the molecule is Cc1cccc(NC(=O)C2(CN)CCC(C)CC2)c1C. The van der Waals surface area contributed by atoms with Crippen molar-refractivity contribution in [3.8, 4) is 0 Å². The second-order valence-corrected chi connectivity index (χ2v) is 6.37. The molecule has 0 heterocycles. The number of hydrogen-bond acceptors (Lipinski definition) is 2. The number of nitrogens with two attached hydrogens (primary N) is 1. The summed E-state index contributed by atoms with van der Waals surface area (Å²) in [6.45, 7) is 6.80. The van der Waals surface area contributed by atoms with Crippen LogP contribution in [0.1, 0.15) is 43.7 Å². The Kier molecular flexibility index (Phi) is 4.48. The zero-order valence-corrected chi connectivity index (χ0v) is 12.8. The van der Waals surface area contributed by atoms with Crippen LogP contribution in [0.5, 0.6) is 0 Å². The highest BCUT2D eigenvalue weighted by Gasteiger charge is 2.39. The molecule has 1 aliphatic rings. The van der Waals surface area contributed by atoms with Gasteiger partial charge in [0.1, 0.15) is 0 Å². The van der Waals surface area contributed by atoms with E-state index in [0.29, 0.717) is 12.5 Å². The Bertz CT molecular complexity index is 488. The first-order valence-electron chi connectivity index (χ1n) is 7.56. The lowest BCUT2D eigenvalue weighted by atomic mass is 9.70. The second kappa shape index (κ2) is 5.96. The number of carbonyl (C=O) groups is 1. The molecule has 0 aromatic heterocycles. The zero-order chi connectivity index (χ0) is 14.8. The minimum atomic E-state index is -0.372. The molecule has 1 amide bonds. The summed E-state index contributed by atoms with van der Waals surface area (Å²) in [5.41, 5.74) is 8.82. The molecule has 3 N–H and O–H groups in total. The average molecular weight is 274 g/mol. The molecule has 20 heavy (non-hydrogen) atoms. The molecular formula is C17H26N2O. The standard InChI is InChI=1S/C17H26N2O/c1-12-7-9-17(11-18,10-8-12)16(20)19-15-6-4-5-13(2)14(15)3/h4-6,12H,7-11,18H2,1-3H3,(H,19,20). The minimum absolute atomic E-state index is 0.0978. The third-order valence-electron chi connectivity index (χ3n) is 4.96. The number of rotatable bonds is 3. The van der Waals surface area contributed by atoms with E-state index in [1.54, 1.807) is 0 Å². The van der Waals surface area contributed by atoms with Crippen LogP contribution in [-0.4, -0.2) is 12.5 Å². The van der Waals surface area contributed by atoms with E-state index in [0.717, 1.165) is 36.9 Å². The predicted octanol–water partition coefficient (Wildman–Crippen LogP) is 3.40. The molecule has 0 bridgehead atoms. The van der Waals surface area contributed by atoms with Gasteiger partial charge in [0.2, 0.25) is 5.91 Å². The van der Waals surface area contributed by atoms with E-state index in [9.17, 15) is 4.79 Å². The van der Waals surface area contributed by atoms with Crippen LogP contribution >= 0.6 is 0 Å². The number of nitrogens with one attached hydrogen (secondary N) is 1. The molecular weight excluding hydrogens is 248 g/mol. The highest BCUT2D eigenvalue weighted by atomic mass is 16.2. The van der Waals surface area contributed by atoms with Gasteiger partial charge < -0.3 is 11.1 Å². The Morgan fingerprint density at radius 1 is 1.35 bits per heavy atom. The van der Waals surface area contributed by atoms with Gasteiger partial charge in [-0.05, 0) is 62.6 Å². The maximum absolute atomic E-state index is 12.7. The highest BCUT2D eigenvalue weighted by Crippen LogP contribution is 2.39. The lowest BCUT2D eigenvalue weighted by molar-refractivity contribution is -0.127. The molecule has 0 saturated heterocycles. The predicted molar refractivity (Wildman–Crippen MR) is 83.7 cm³/mol. The van der Waals surface area contributed by atoms with E-state index in [1.165, 1.54) is 5.56 Å². The normalized spacial score (nSPS) is 26.3. The fraction of sp³-hybridized carbons (Fsp3) is 0.588. The monoisotopic (exact) mass is 274 g/mol. The zero-order valence-electron chi connectivity index (χ0n) is 12.8. The molecule has 1 aromatic rings. The van der Waals surface area contributed by atoms with Gasteiger partial charge in [0.25, 0.3) is 0 Å². The van der Waals surface area contributed by atoms with Crippen molar-refractivity contribution in [1.29, 1.82) is 0 Å². The topological polar surface area (TPSA) is 55.1 Å². The number of aryl methyl sites for hydroxylation is 1. The molecule has 3 nitrogen and oxygen atoms in total. The van der Waals surface area contributed by atoms with Gasteiger partial charge in [0.15, 0.2) is 0 Å². The molecule has 1 saturated carbocycles. The fourth-order valence-electron chi connectivity index (χ4n) is 2.98. The van der Waals surface area contributed by atoms with Crippen LogP contribution < -0.4 is 11.1 Å². The molecule has 1 fully saturated rings. The summed E-state index contributed by atoms with van der Waals surface area (Å²) < 4.78 is 0. The molecule has 1 aliphatic carbocycles. The highest BCUT2D eigenvalue weighted by molar-refractivity contribution is 5.96. The van der Waals surface area contributed by atoms with Gasteiger partial charge >= 0.3 is 0 Å². The van der Waals surface area contributed by atoms with E-state index in [-0.39, 0.29) is 11.3 Å². The van der Waals surface area contributed by atoms with Crippen LogP contribution in [0.15, 0.2) is 18.2 Å². The number of anilines is 1. The molecule has 0 unspecified atom stereocenters. The quantitative estimate of drug-likeness (QED) is 0.887. The lowest BCUT2D eigenvalue weighted by Gasteiger charge is -2.37. The van der Waals surface area contributed by atoms with Gasteiger partial charge in [0, 0.05) is 12.2 Å². The molecule has 110 valence electrons. The third kappa shape index (κ3) is 2.88. The summed E-state index contributed by atoms with van der Waals surface area (Å²) in [4.78, 5) is 12.7. The van der Waals surface area contributed by atoms with Crippen molar-refractivity contribution in [2.24, 2.45) is 17.1 Å². The largest absolute Gasteiger partial charge is 0.329 e. The van der Waals surface area contributed by atoms with Gasteiger partial charge in [-0.3, -0.25) is 4.79 Å². The molecule has 0 radical (unpaired) electrons. The van der Waals surface area contributed by atoms with E-state index >= 15 is 0 Å². The Hall–Kier alpha value is -1.35. The molecule has 0 atom stereocenters. The molecule has 1 aromatic carbocycles. The van der Waals surface area contributed by atoms with Crippen LogP contribution in [0.25, 0.3) is 0 Å². The van der Waals surface area contributed by atoms with Crippen molar-refractivity contribution in [2.45, 2.75) is 46.5 Å². The van der Waals surface area contributed by atoms with Crippen LogP contribution in [0.3, 0.4) is 0 Å².